The monoisotopic (exact) mass is 642 g/mol. The van der Waals surface area contributed by atoms with Crippen molar-refractivity contribution in [3.63, 3.8) is 0 Å². The van der Waals surface area contributed by atoms with E-state index in [9.17, 15) is 45.3 Å². The SMILES string of the molecule is COc1cc(C(=O)OC2C(c3c(O)c(OC)c(O)c4c(=O)cc(-c5ccc(O)cc5)oc34)OC(CO)C(O)C2O)cc(OC)c1O. The molecule has 1 aromatic heterocycles. The van der Waals surface area contributed by atoms with Gasteiger partial charge >= 0.3 is 5.97 Å². The summed E-state index contributed by atoms with van der Waals surface area (Å²) >= 11 is 0. The molecule has 1 aliphatic rings. The number of phenols is 4. The molecule has 0 radical (unpaired) electrons. The van der Waals surface area contributed by atoms with Crippen molar-refractivity contribution in [2.75, 3.05) is 27.9 Å². The third-order valence-corrected chi connectivity index (χ3v) is 7.58. The van der Waals surface area contributed by atoms with E-state index in [1.54, 1.807) is 0 Å². The van der Waals surface area contributed by atoms with Crippen molar-refractivity contribution in [2.45, 2.75) is 30.5 Å². The van der Waals surface area contributed by atoms with Crippen LogP contribution >= 0.6 is 0 Å². The van der Waals surface area contributed by atoms with Gasteiger partial charge in [-0.3, -0.25) is 4.79 Å². The van der Waals surface area contributed by atoms with Crippen molar-refractivity contribution in [1.29, 1.82) is 0 Å². The molecule has 1 aliphatic heterocycles. The first-order chi connectivity index (χ1) is 21.9. The van der Waals surface area contributed by atoms with Crippen LogP contribution in [0.25, 0.3) is 22.3 Å². The maximum Gasteiger partial charge on any atom is 0.338 e. The average molecular weight is 643 g/mol. The van der Waals surface area contributed by atoms with Crippen LogP contribution in [0, 0.1) is 0 Å². The maximum absolute atomic E-state index is 13.5. The lowest BCUT2D eigenvalue weighted by Crippen LogP contribution is -2.56. The molecule has 0 aliphatic carbocycles. The van der Waals surface area contributed by atoms with Gasteiger partial charge in [-0.1, -0.05) is 0 Å². The zero-order valence-corrected chi connectivity index (χ0v) is 24.5. The summed E-state index contributed by atoms with van der Waals surface area (Å²) in [6.07, 6.45) is -8.89. The third kappa shape index (κ3) is 5.45. The van der Waals surface area contributed by atoms with E-state index in [1.807, 2.05) is 0 Å². The largest absolute Gasteiger partial charge is 0.508 e. The molecule has 46 heavy (non-hydrogen) atoms. The van der Waals surface area contributed by atoms with Crippen LogP contribution in [0.5, 0.6) is 40.2 Å². The van der Waals surface area contributed by atoms with Crippen molar-refractivity contribution in [3.8, 4) is 51.6 Å². The first kappa shape index (κ1) is 32.2. The van der Waals surface area contributed by atoms with Gasteiger partial charge in [-0.25, -0.2) is 4.79 Å². The van der Waals surface area contributed by atoms with Gasteiger partial charge in [0.15, 0.2) is 40.1 Å². The molecule has 1 fully saturated rings. The summed E-state index contributed by atoms with van der Waals surface area (Å²) in [5.74, 6) is -4.21. The molecule has 2 heterocycles. The first-order valence-corrected chi connectivity index (χ1v) is 13.6. The zero-order chi connectivity index (χ0) is 33.4. The summed E-state index contributed by atoms with van der Waals surface area (Å²) in [6.45, 7) is -0.835. The fraction of sp³-hybridized carbons (Fsp3) is 0.290. The van der Waals surface area contributed by atoms with Crippen LogP contribution in [-0.2, 0) is 9.47 Å². The number of hydrogen-bond acceptors (Lipinski definition) is 15. The van der Waals surface area contributed by atoms with Crippen LogP contribution in [0.15, 0.2) is 51.7 Å². The molecule has 5 atom stereocenters. The van der Waals surface area contributed by atoms with Crippen molar-refractivity contribution in [1.82, 2.24) is 0 Å². The number of aromatic hydroxyl groups is 4. The van der Waals surface area contributed by atoms with Crippen molar-refractivity contribution in [3.05, 3.63) is 63.8 Å². The van der Waals surface area contributed by atoms with Gasteiger partial charge < -0.3 is 63.8 Å². The molecule has 3 aromatic carbocycles. The average Bonchev–Trinajstić information content (AvgIpc) is 3.04. The Bertz CT molecular complexity index is 1810. The molecule has 4 aromatic rings. The lowest BCUT2D eigenvalue weighted by Gasteiger charge is -2.42. The minimum absolute atomic E-state index is 0.0701. The van der Waals surface area contributed by atoms with Gasteiger partial charge in [-0.05, 0) is 36.4 Å². The van der Waals surface area contributed by atoms with Crippen LogP contribution in [-0.4, -0.2) is 94.1 Å². The predicted octanol–water partition coefficient (Wildman–Crippen LogP) is 1.69. The Morgan fingerprint density at radius 2 is 1.48 bits per heavy atom. The number of aliphatic hydroxyl groups excluding tert-OH is 3. The van der Waals surface area contributed by atoms with Crippen LogP contribution in [0.1, 0.15) is 22.0 Å². The molecule has 15 heteroatoms. The second-order valence-electron chi connectivity index (χ2n) is 10.2. The number of esters is 1. The van der Waals surface area contributed by atoms with E-state index < -0.39 is 88.1 Å². The topological polar surface area (TPSA) is 235 Å². The van der Waals surface area contributed by atoms with Crippen LogP contribution in [0.4, 0.5) is 0 Å². The number of aliphatic hydroxyl groups is 3. The smallest absolute Gasteiger partial charge is 0.338 e. The Balaban J connectivity index is 1.73. The lowest BCUT2D eigenvalue weighted by atomic mass is 9.89. The Labute approximate surface area is 259 Å². The zero-order valence-electron chi connectivity index (χ0n) is 24.5. The Morgan fingerprint density at radius 3 is 2.04 bits per heavy atom. The minimum Gasteiger partial charge on any atom is -0.508 e. The standard InChI is InChI=1S/C31H30O15/c1-41-17-8-13(9-18(42-2)22(17)35)31(40)46-30-26(39)23(36)19(11-32)45-28(30)21-25(38)29(43-3)24(37)20-15(34)10-16(44-27(20)21)12-4-6-14(33)7-5-12/h4-10,19,23,26,28,30,32-33,35-39H,11H2,1-3H3. The number of phenolic OH excluding ortho intramolecular Hbond substituents is 4. The molecule has 0 amide bonds. The summed E-state index contributed by atoms with van der Waals surface area (Å²) in [4.78, 5) is 26.9. The molecule has 0 bridgehead atoms. The fourth-order valence-corrected chi connectivity index (χ4v) is 5.25. The molecular weight excluding hydrogens is 612 g/mol. The van der Waals surface area contributed by atoms with Gasteiger partial charge in [0.2, 0.25) is 11.5 Å². The Morgan fingerprint density at radius 1 is 0.848 bits per heavy atom. The molecule has 244 valence electrons. The van der Waals surface area contributed by atoms with Crippen LogP contribution < -0.4 is 19.6 Å². The highest BCUT2D eigenvalue weighted by molar-refractivity contribution is 5.94. The minimum atomic E-state index is -1.96. The van der Waals surface area contributed by atoms with E-state index in [4.69, 9.17) is 28.1 Å². The second kappa shape index (κ2) is 12.6. The van der Waals surface area contributed by atoms with E-state index in [2.05, 4.69) is 0 Å². The number of fused-ring (bicyclic) bond motifs is 1. The van der Waals surface area contributed by atoms with E-state index >= 15 is 0 Å². The summed E-state index contributed by atoms with van der Waals surface area (Å²) in [6, 6.07) is 8.84. The van der Waals surface area contributed by atoms with Crippen molar-refractivity contribution < 1.29 is 68.6 Å². The molecule has 7 N–H and O–H groups in total. The van der Waals surface area contributed by atoms with Gasteiger partial charge in [-0.15, -0.1) is 0 Å². The summed E-state index contributed by atoms with van der Waals surface area (Å²) < 4.78 is 32.8. The fourth-order valence-electron chi connectivity index (χ4n) is 5.25. The third-order valence-electron chi connectivity index (χ3n) is 7.58. The summed E-state index contributed by atoms with van der Waals surface area (Å²) in [5, 5.41) is 73.6. The molecule has 0 saturated carbocycles. The molecule has 5 rings (SSSR count). The number of methoxy groups -OCH3 is 3. The van der Waals surface area contributed by atoms with Crippen molar-refractivity contribution in [2.24, 2.45) is 0 Å². The van der Waals surface area contributed by atoms with E-state index in [0.717, 1.165) is 25.3 Å². The van der Waals surface area contributed by atoms with Gasteiger partial charge in [0.1, 0.15) is 41.3 Å². The quantitative estimate of drug-likeness (QED) is 0.135. The maximum atomic E-state index is 13.5. The predicted molar refractivity (Wildman–Crippen MR) is 157 cm³/mol. The van der Waals surface area contributed by atoms with Gasteiger partial charge in [0, 0.05) is 11.6 Å². The number of carbonyl (C=O) groups is 1. The van der Waals surface area contributed by atoms with Crippen LogP contribution in [0.3, 0.4) is 0 Å². The molecule has 0 spiro atoms. The molecule has 15 nitrogen and oxygen atoms in total. The van der Waals surface area contributed by atoms with Crippen molar-refractivity contribution >= 4 is 16.9 Å². The number of rotatable bonds is 8. The van der Waals surface area contributed by atoms with E-state index in [0.29, 0.717) is 5.56 Å². The number of ether oxygens (including phenoxy) is 5. The summed E-state index contributed by atoms with van der Waals surface area (Å²) in [5.41, 5.74) is -1.62. The lowest BCUT2D eigenvalue weighted by molar-refractivity contribution is -0.231. The number of carbonyl (C=O) groups excluding carboxylic acids is 1. The van der Waals surface area contributed by atoms with Gasteiger partial charge in [-0.2, -0.15) is 0 Å². The van der Waals surface area contributed by atoms with Gasteiger partial charge in [0.25, 0.3) is 0 Å². The molecule has 5 unspecified atom stereocenters. The first-order valence-electron chi connectivity index (χ1n) is 13.6. The normalized spacial score (nSPS) is 21.1. The van der Waals surface area contributed by atoms with Crippen LogP contribution in [0.2, 0.25) is 0 Å². The van der Waals surface area contributed by atoms with E-state index in [1.165, 1.54) is 38.5 Å². The highest BCUT2D eigenvalue weighted by Crippen LogP contribution is 2.51. The Kier molecular flexibility index (Phi) is 8.85. The highest BCUT2D eigenvalue weighted by Gasteiger charge is 2.49. The number of benzene rings is 3. The second-order valence-corrected chi connectivity index (χ2v) is 10.2. The molecule has 1 saturated heterocycles. The van der Waals surface area contributed by atoms with Gasteiger partial charge in [0.05, 0.1) is 39.1 Å². The van der Waals surface area contributed by atoms with E-state index in [-0.39, 0.29) is 28.6 Å². The Hall–Kier alpha value is -5.22. The highest BCUT2D eigenvalue weighted by atomic mass is 16.6. The summed E-state index contributed by atoms with van der Waals surface area (Å²) in [7, 11) is 3.56. The number of hydrogen-bond donors (Lipinski definition) is 7. The molecular formula is C31H30O15.